The van der Waals surface area contributed by atoms with Crippen LogP contribution < -0.4 is 15.4 Å². The van der Waals surface area contributed by atoms with Crippen molar-refractivity contribution in [2.24, 2.45) is 0 Å². The third-order valence-electron chi connectivity index (χ3n) is 4.49. The van der Waals surface area contributed by atoms with Crippen molar-refractivity contribution in [2.75, 3.05) is 19.4 Å². The summed E-state index contributed by atoms with van der Waals surface area (Å²) < 4.78 is 18.7. The molecule has 5 nitrogen and oxygen atoms in total. The smallest absolute Gasteiger partial charge is 0.253 e. The fraction of sp³-hybridized carbons (Fsp3) is 0.167. The normalized spacial score (nSPS) is 10.3. The highest BCUT2D eigenvalue weighted by Gasteiger charge is 2.07. The van der Waals surface area contributed by atoms with E-state index in [0.717, 1.165) is 22.6 Å². The largest absolute Gasteiger partial charge is 0.489 e. The zero-order valence-corrected chi connectivity index (χ0v) is 18.2. The molecule has 0 bridgehead atoms. The summed E-state index contributed by atoms with van der Waals surface area (Å²) in [5.41, 5.74) is 3.38. The first kappa shape index (κ1) is 22.2. The number of amides is 1. The van der Waals surface area contributed by atoms with Crippen molar-refractivity contribution in [2.45, 2.75) is 13.2 Å². The summed E-state index contributed by atoms with van der Waals surface area (Å²) in [6.07, 6.45) is 0. The summed E-state index contributed by atoms with van der Waals surface area (Å²) in [4.78, 5) is 13.5. The van der Waals surface area contributed by atoms with Gasteiger partial charge in [-0.1, -0.05) is 24.3 Å². The molecule has 0 spiro atoms. The number of halogens is 1. The molecule has 3 aromatic rings. The Bertz CT molecular complexity index is 1020. The zero-order valence-electron chi connectivity index (χ0n) is 17.4. The Morgan fingerprint density at radius 3 is 2.16 bits per heavy atom. The molecule has 31 heavy (non-hydrogen) atoms. The van der Waals surface area contributed by atoms with Crippen LogP contribution >= 0.6 is 12.2 Å². The lowest BCUT2D eigenvalue weighted by Gasteiger charge is -2.13. The Morgan fingerprint density at radius 1 is 0.935 bits per heavy atom. The third kappa shape index (κ3) is 6.79. The van der Waals surface area contributed by atoms with Crippen LogP contribution in [-0.4, -0.2) is 30.0 Å². The van der Waals surface area contributed by atoms with Crippen molar-refractivity contribution in [3.63, 3.8) is 0 Å². The van der Waals surface area contributed by atoms with Gasteiger partial charge in [0.15, 0.2) is 5.11 Å². The minimum atomic E-state index is -0.260. The van der Waals surface area contributed by atoms with Crippen LogP contribution in [0.3, 0.4) is 0 Å². The highest BCUT2D eigenvalue weighted by Crippen LogP contribution is 2.15. The van der Waals surface area contributed by atoms with Gasteiger partial charge in [-0.25, -0.2) is 4.39 Å². The molecule has 0 fully saturated rings. The van der Waals surface area contributed by atoms with Crippen molar-refractivity contribution >= 4 is 28.9 Å². The van der Waals surface area contributed by atoms with Gasteiger partial charge in [-0.15, -0.1) is 0 Å². The number of thiocarbonyl (C=S) groups is 1. The molecule has 0 unspecified atom stereocenters. The molecule has 0 radical (unpaired) electrons. The van der Waals surface area contributed by atoms with Crippen LogP contribution in [0.25, 0.3) is 0 Å². The molecule has 0 heterocycles. The van der Waals surface area contributed by atoms with E-state index >= 15 is 0 Å². The number of ether oxygens (including phenoxy) is 1. The minimum absolute atomic E-state index is 0.0441. The molecule has 0 aromatic heterocycles. The van der Waals surface area contributed by atoms with Crippen molar-refractivity contribution in [1.29, 1.82) is 0 Å². The topological polar surface area (TPSA) is 53.6 Å². The number of nitrogens with one attached hydrogen (secondary N) is 2. The van der Waals surface area contributed by atoms with Gasteiger partial charge in [-0.2, -0.15) is 0 Å². The lowest BCUT2D eigenvalue weighted by molar-refractivity contribution is 0.0827. The molecule has 2 N–H and O–H groups in total. The SMILES string of the molecule is CN(C)C(=O)c1ccc(NC(=S)NCc2ccc(OCc3ccc(F)cc3)cc2)cc1. The number of nitrogens with zero attached hydrogens (tertiary/aromatic N) is 1. The first-order chi connectivity index (χ1) is 14.9. The summed E-state index contributed by atoms with van der Waals surface area (Å²) in [6.45, 7) is 0.937. The Labute approximate surface area is 186 Å². The van der Waals surface area contributed by atoms with Crippen molar-refractivity contribution < 1.29 is 13.9 Å². The molecule has 0 saturated carbocycles. The summed E-state index contributed by atoms with van der Waals surface area (Å²) in [5.74, 6) is 0.433. The van der Waals surface area contributed by atoms with E-state index in [4.69, 9.17) is 17.0 Å². The second kappa shape index (κ2) is 10.5. The predicted molar refractivity (Wildman–Crippen MR) is 125 cm³/mol. The molecule has 0 aliphatic rings. The highest BCUT2D eigenvalue weighted by molar-refractivity contribution is 7.80. The molecular weight excluding hydrogens is 413 g/mol. The molecule has 3 rings (SSSR count). The van der Waals surface area contributed by atoms with E-state index in [2.05, 4.69) is 10.6 Å². The molecule has 3 aromatic carbocycles. The van der Waals surface area contributed by atoms with Gasteiger partial charge in [0.05, 0.1) is 0 Å². The van der Waals surface area contributed by atoms with Gasteiger partial charge in [0.1, 0.15) is 18.2 Å². The molecule has 0 aliphatic carbocycles. The molecule has 160 valence electrons. The van der Waals surface area contributed by atoms with Gasteiger partial charge in [-0.3, -0.25) is 4.79 Å². The van der Waals surface area contributed by atoms with Crippen LogP contribution in [0.5, 0.6) is 5.75 Å². The van der Waals surface area contributed by atoms with Crippen molar-refractivity contribution in [3.05, 3.63) is 95.3 Å². The molecule has 7 heteroatoms. The van der Waals surface area contributed by atoms with Gasteiger partial charge in [0.2, 0.25) is 0 Å². The van der Waals surface area contributed by atoms with Crippen LogP contribution in [0.2, 0.25) is 0 Å². The van der Waals surface area contributed by atoms with Crippen LogP contribution in [0.4, 0.5) is 10.1 Å². The lowest BCUT2D eigenvalue weighted by atomic mass is 10.2. The number of benzene rings is 3. The number of rotatable bonds is 7. The van der Waals surface area contributed by atoms with Crippen molar-refractivity contribution in [1.82, 2.24) is 10.2 Å². The molecule has 0 saturated heterocycles. The molecule has 0 aliphatic heterocycles. The van der Waals surface area contributed by atoms with Gasteiger partial charge in [-0.05, 0) is 71.9 Å². The van der Waals surface area contributed by atoms with E-state index in [-0.39, 0.29) is 11.7 Å². The van der Waals surface area contributed by atoms with Gasteiger partial charge >= 0.3 is 0 Å². The van der Waals surface area contributed by atoms with E-state index in [0.29, 0.717) is 23.8 Å². The monoisotopic (exact) mass is 437 g/mol. The molecular formula is C24H24FN3O2S. The summed E-state index contributed by atoms with van der Waals surface area (Å²) in [5, 5.41) is 6.75. The lowest BCUT2D eigenvalue weighted by Crippen LogP contribution is -2.28. The van der Waals surface area contributed by atoms with Crippen LogP contribution in [0, 0.1) is 5.82 Å². The average molecular weight is 438 g/mol. The second-order valence-electron chi connectivity index (χ2n) is 7.14. The van der Waals surface area contributed by atoms with E-state index < -0.39 is 0 Å². The zero-order chi connectivity index (χ0) is 22.2. The predicted octanol–water partition coefficient (Wildman–Crippen LogP) is 4.59. The number of anilines is 1. The quantitative estimate of drug-likeness (QED) is 0.530. The van der Waals surface area contributed by atoms with Crippen LogP contribution in [0.15, 0.2) is 72.8 Å². The first-order valence-corrected chi connectivity index (χ1v) is 10.1. The maximum atomic E-state index is 12.9. The van der Waals surface area contributed by atoms with Gasteiger partial charge < -0.3 is 20.3 Å². The van der Waals surface area contributed by atoms with Crippen LogP contribution in [-0.2, 0) is 13.2 Å². The highest BCUT2D eigenvalue weighted by atomic mass is 32.1. The number of carbonyl (C=O) groups is 1. The summed E-state index contributed by atoms with van der Waals surface area (Å²) >= 11 is 5.34. The fourth-order valence-electron chi connectivity index (χ4n) is 2.76. The maximum absolute atomic E-state index is 12.9. The number of hydrogen-bond donors (Lipinski definition) is 2. The average Bonchev–Trinajstić information content (AvgIpc) is 2.78. The Morgan fingerprint density at radius 2 is 1.55 bits per heavy atom. The van der Waals surface area contributed by atoms with Crippen LogP contribution in [0.1, 0.15) is 21.5 Å². The molecule has 0 atom stereocenters. The fourth-order valence-corrected chi connectivity index (χ4v) is 2.95. The minimum Gasteiger partial charge on any atom is -0.489 e. The first-order valence-electron chi connectivity index (χ1n) is 9.73. The second-order valence-corrected chi connectivity index (χ2v) is 7.55. The van der Waals surface area contributed by atoms with E-state index in [1.807, 2.05) is 36.4 Å². The van der Waals surface area contributed by atoms with Gasteiger partial charge in [0.25, 0.3) is 5.91 Å². The number of carbonyl (C=O) groups excluding carboxylic acids is 1. The van der Waals surface area contributed by atoms with E-state index in [1.54, 1.807) is 38.4 Å². The standard InChI is InChI=1S/C24H24FN3O2S/c1-28(2)23(29)19-7-11-21(12-8-19)27-24(31)26-15-17-5-13-22(14-6-17)30-16-18-3-9-20(25)10-4-18/h3-14H,15-16H2,1-2H3,(H2,26,27,31). The van der Waals surface area contributed by atoms with Gasteiger partial charge in [0, 0.05) is 31.9 Å². The Kier molecular flexibility index (Phi) is 7.56. The Balaban J connectivity index is 1.44. The van der Waals surface area contributed by atoms with E-state index in [9.17, 15) is 9.18 Å². The molecule has 1 amide bonds. The third-order valence-corrected chi connectivity index (χ3v) is 4.74. The Hall–Kier alpha value is -3.45. The summed E-state index contributed by atoms with van der Waals surface area (Å²) in [6, 6.07) is 21.1. The number of hydrogen-bond acceptors (Lipinski definition) is 3. The maximum Gasteiger partial charge on any atom is 0.253 e. The summed E-state index contributed by atoms with van der Waals surface area (Å²) in [7, 11) is 3.44. The van der Waals surface area contributed by atoms with E-state index in [1.165, 1.54) is 17.0 Å². The van der Waals surface area contributed by atoms with Crippen molar-refractivity contribution in [3.8, 4) is 5.75 Å².